The van der Waals surface area contributed by atoms with Crippen molar-refractivity contribution >= 4 is 33.3 Å². The monoisotopic (exact) mass is 294 g/mol. The molecule has 0 fully saturated rings. The van der Waals surface area contributed by atoms with Crippen molar-refractivity contribution in [3.63, 3.8) is 0 Å². The molecule has 2 aromatic carbocycles. The lowest BCUT2D eigenvalue weighted by Crippen LogP contribution is -2.00. The first-order valence-electron chi connectivity index (χ1n) is 4.73. The highest BCUT2D eigenvalue weighted by atomic mass is 79.9. The average molecular weight is 296 g/mol. The van der Waals surface area contributed by atoms with Crippen LogP contribution >= 0.6 is 27.5 Å². The van der Waals surface area contributed by atoms with Crippen molar-refractivity contribution in [2.45, 2.75) is 0 Å². The lowest BCUT2D eigenvalue weighted by atomic mass is 10.0. The topological polar surface area (TPSA) is 17.1 Å². The Hall–Kier alpha value is -1.12. The average Bonchev–Trinajstić information content (AvgIpc) is 2.33. The number of rotatable bonds is 2. The maximum absolute atomic E-state index is 12.0. The second-order valence-electron chi connectivity index (χ2n) is 3.32. The molecular weight excluding hydrogens is 287 g/mol. The third kappa shape index (κ3) is 2.34. The Balaban J connectivity index is 2.39. The van der Waals surface area contributed by atoms with Gasteiger partial charge in [0.25, 0.3) is 0 Å². The fraction of sp³-hybridized carbons (Fsp3) is 0. The molecule has 0 aliphatic carbocycles. The van der Waals surface area contributed by atoms with Crippen LogP contribution in [0.5, 0.6) is 0 Å². The SMILES string of the molecule is O=C(c1ccccc1)c1ccc(Br)c(Cl)c1. The number of benzene rings is 2. The van der Waals surface area contributed by atoms with Gasteiger partial charge < -0.3 is 0 Å². The summed E-state index contributed by atoms with van der Waals surface area (Å²) in [6, 6.07) is 14.3. The molecule has 2 aromatic rings. The van der Waals surface area contributed by atoms with Crippen LogP contribution < -0.4 is 0 Å². The van der Waals surface area contributed by atoms with Gasteiger partial charge in [0, 0.05) is 15.6 Å². The molecule has 0 bridgehead atoms. The molecule has 0 amide bonds. The van der Waals surface area contributed by atoms with Crippen molar-refractivity contribution in [1.82, 2.24) is 0 Å². The van der Waals surface area contributed by atoms with Crippen LogP contribution in [0.4, 0.5) is 0 Å². The Labute approximate surface area is 107 Å². The predicted molar refractivity (Wildman–Crippen MR) is 69.0 cm³/mol. The first kappa shape index (κ1) is 11.4. The highest BCUT2D eigenvalue weighted by Crippen LogP contribution is 2.24. The zero-order valence-corrected chi connectivity index (χ0v) is 10.6. The lowest BCUT2D eigenvalue weighted by molar-refractivity contribution is 0.103. The molecule has 80 valence electrons. The third-order valence-electron chi connectivity index (χ3n) is 2.22. The zero-order chi connectivity index (χ0) is 11.5. The molecule has 0 atom stereocenters. The smallest absolute Gasteiger partial charge is 0.193 e. The standard InChI is InChI=1S/C13H8BrClO/c14-11-7-6-10(8-12(11)15)13(16)9-4-2-1-3-5-9/h1-8H. The maximum Gasteiger partial charge on any atom is 0.193 e. The minimum Gasteiger partial charge on any atom is -0.289 e. The van der Waals surface area contributed by atoms with Gasteiger partial charge in [-0.3, -0.25) is 4.79 Å². The van der Waals surface area contributed by atoms with E-state index in [1.165, 1.54) is 0 Å². The number of hydrogen-bond donors (Lipinski definition) is 0. The van der Waals surface area contributed by atoms with Crippen LogP contribution in [0, 0.1) is 0 Å². The minimum atomic E-state index is -0.0185. The molecule has 3 heteroatoms. The molecule has 0 radical (unpaired) electrons. The Kier molecular flexibility index (Phi) is 3.42. The molecule has 0 N–H and O–H groups in total. The number of hydrogen-bond acceptors (Lipinski definition) is 1. The van der Waals surface area contributed by atoms with E-state index in [0.717, 1.165) is 4.47 Å². The molecule has 16 heavy (non-hydrogen) atoms. The summed E-state index contributed by atoms with van der Waals surface area (Å²) in [4.78, 5) is 12.0. The summed E-state index contributed by atoms with van der Waals surface area (Å²) in [5, 5.41) is 0.543. The largest absolute Gasteiger partial charge is 0.289 e. The van der Waals surface area contributed by atoms with Crippen molar-refractivity contribution in [2.75, 3.05) is 0 Å². The summed E-state index contributed by atoms with van der Waals surface area (Å²) in [5.74, 6) is -0.0185. The molecule has 0 unspecified atom stereocenters. The quantitative estimate of drug-likeness (QED) is 0.754. The Morgan fingerprint density at radius 1 is 1.00 bits per heavy atom. The highest BCUT2D eigenvalue weighted by molar-refractivity contribution is 9.10. The fourth-order valence-corrected chi connectivity index (χ4v) is 1.82. The van der Waals surface area contributed by atoms with Gasteiger partial charge in [-0.15, -0.1) is 0 Å². The van der Waals surface area contributed by atoms with Gasteiger partial charge in [-0.25, -0.2) is 0 Å². The fourth-order valence-electron chi connectivity index (χ4n) is 1.39. The van der Waals surface area contributed by atoms with Crippen molar-refractivity contribution in [1.29, 1.82) is 0 Å². The van der Waals surface area contributed by atoms with E-state index in [1.807, 2.05) is 18.2 Å². The van der Waals surface area contributed by atoms with Gasteiger partial charge in [0.05, 0.1) is 5.02 Å². The number of ketones is 1. The predicted octanol–water partition coefficient (Wildman–Crippen LogP) is 4.33. The van der Waals surface area contributed by atoms with Crippen LogP contribution in [0.2, 0.25) is 5.02 Å². The van der Waals surface area contributed by atoms with Crippen LogP contribution in [0.15, 0.2) is 53.0 Å². The minimum absolute atomic E-state index is 0.0185. The molecular formula is C13H8BrClO. The van der Waals surface area contributed by atoms with Gasteiger partial charge in [-0.05, 0) is 34.1 Å². The molecule has 0 saturated carbocycles. The summed E-state index contributed by atoms with van der Waals surface area (Å²) < 4.78 is 0.791. The number of halogens is 2. The Morgan fingerprint density at radius 3 is 2.31 bits per heavy atom. The van der Waals surface area contributed by atoms with E-state index in [-0.39, 0.29) is 5.78 Å². The maximum atomic E-state index is 12.0. The molecule has 2 rings (SSSR count). The molecule has 0 aliphatic rings. The van der Waals surface area contributed by atoms with E-state index in [1.54, 1.807) is 30.3 Å². The Bertz CT molecular complexity index is 523. The van der Waals surface area contributed by atoms with Gasteiger partial charge in [0.1, 0.15) is 0 Å². The molecule has 1 nitrogen and oxygen atoms in total. The van der Waals surface area contributed by atoms with E-state index >= 15 is 0 Å². The second-order valence-corrected chi connectivity index (χ2v) is 4.59. The summed E-state index contributed by atoms with van der Waals surface area (Å²) in [6.45, 7) is 0. The van der Waals surface area contributed by atoms with Gasteiger partial charge in [-0.2, -0.15) is 0 Å². The van der Waals surface area contributed by atoms with E-state index in [4.69, 9.17) is 11.6 Å². The summed E-state index contributed by atoms with van der Waals surface area (Å²) in [5.41, 5.74) is 1.26. The lowest BCUT2D eigenvalue weighted by Gasteiger charge is -2.02. The van der Waals surface area contributed by atoms with Gasteiger partial charge >= 0.3 is 0 Å². The van der Waals surface area contributed by atoms with Crippen molar-refractivity contribution < 1.29 is 4.79 Å². The first-order valence-corrected chi connectivity index (χ1v) is 5.90. The van der Waals surface area contributed by atoms with Crippen LogP contribution in [-0.4, -0.2) is 5.78 Å². The summed E-state index contributed by atoms with van der Waals surface area (Å²) in [7, 11) is 0. The number of carbonyl (C=O) groups excluding carboxylic acids is 1. The van der Waals surface area contributed by atoms with E-state index in [0.29, 0.717) is 16.1 Å². The molecule has 0 heterocycles. The highest BCUT2D eigenvalue weighted by Gasteiger charge is 2.09. The third-order valence-corrected chi connectivity index (χ3v) is 3.45. The number of carbonyl (C=O) groups is 1. The first-order chi connectivity index (χ1) is 7.68. The van der Waals surface area contributed by atoms with E-state index in [2.05, 4.69) is 15.9 Å². The van der Waals surface area contributed by atoms with Crippen molar-refractivity contribution in [3.8, 4) is 0 Å². The zero-order valence-electron chi connectivity index (χ0n) is 8.28. The molecule has 0 aromatic heterocycles. The van der Waals surface area contributed by atoms with Crippen LogP contribution in [-0.2, 0) is 0 Å². The second kappa shape index (κ2) is 4.81. The van der Waals surface area contributed by atoms with Crippen molar-refractivity contribution in [3.05, 3.63) is 69.2 Å². The molecule has 0 spiro atoms. The van der Waals surface area contributed by atoms with Gasteiger partial charge in [-0.1, -0.05) is 41.9 Å². The van der Waals surface area contributed by atoms with Gasteiger partial charge in [0.15, 0.2) is 5.78 Å². The van der Waals surface area contributed by atoms with E-state index in [9.17, 15) is 4.79 Å². The molecule has 0 saturated heterocycles. The van der Waals surface area contributed by atoms with Crippen LogP contribution in [0.1, 0.15) is 15.9 Å². The Morgan fingerprint density at radius 2 is 1.69 bits per heavy atom. The summed E-state index contributed by atoms with van der Waals surface area (Å²) in [6.07, 6.45) is 0. The summed E-state index contributed by atoms with van der Waals surface area (Å²) >= 11 is 9.24. The normalized spacial score (nSPS) is 10.1. The van der Waals surface area contributed by atoms with Crippen LogP contribution in [0.25, 0.3) is 0 Å². The van der Waals surface area contributed by atoms with Crippen LogP contribution in [0.3, 0.4) is 0 Å². The van der Waals surface area contributed by atoms with E-state index < -0.39 is 0 Å². The van der Waals surface area contributed by atoms with Gasteiger partial charge in [0.2, 0.25) is 0 Å². The van der Waals surface area contributed by atoms with Crippen molar-refractivity contribution in [2.24, 2.45) is 0 Å². The molecule has 0 aliphatic heterocycles.